The SMILES string of the molecule is COC(=O)[C@@H](N)CSc1ccc(OC)cc1. The van der Waals surface area contributed by atoms with Crippen molar-refractivity contribution in [3.05, 3.63) is 24.3 Å². The number of thioether (sulfide) groups is 1. The van der Waals surface area contributed by atoms with E-state index in [1.807, 2.05) is 24.3 Å². The first kappa shape index (κ1) is 12.9. The summed E-state index contributed by atoms with van der Waals surface area (Å²) >= 11 is 1.51. The second kappa shape index (κ2) is 6.40. The molecule has 0 aromatic heterocycles. The number of esters is 1. The van der Waals surface area contributed by atoms with E-state index in [9.17, 15) is 4.79 Å². The van der Waals surface area contributed by atoms with E-state index in [1.165, 1.54) is 18.9 Å². The van der Waals surface area contributed by atoms with Gasteiger partial charge >= 0.3 is 5.97 Å². The smallest absolute Gasteiger partial charge is 0.323 e. The predicted molar refractivity (Wildman–Crippen MR) is 63.7 cm³/mol. The first-order chi connectivity index (χ1) is 7.67. The van der Waals surface area contributed by atoms with Gasteiger partial charge in [0, 0.05) is 10.6 Å². The number of ether oxygens (including phenoxy) is 2. The average Bonchev–Trinajstić information content (AvgIpc) is 2.35. The number of carbonyl (C=O) groups is 1. The minimum atomic E-state index is -0.586. The average molecular weight is 241 g/mol. The third-order valence-electron chi connectivity index (χ3n) is 1.99. The summed E-state index contributed by atoms with van der Waals surface area (Å²) in [5.41, 5.74) is 5.61. The molecule has 0 fully saturated rings. The number of hydrogen-bond acceptors (Lipinski definition) is 5. The Morgan fingerprint density at radius 3 is 2.50 bits per heavy atom. The molecule has 0 bridgehead atoms. The maximum Gasteiger partial charge on any atom is 0.323 e. The van der Waals surface area contributed by atoms with E-state index in [2.05, 4.69) is 4.74 Å². The molecule has 1 aromatic carbocycles. The lowest BCUT2D eigenvalue weighted by Crippen LogP contribution is -2.33. The topological polar surface area (TPSA) is 61.5 Å². The molecule has 2 N–H and O–H groups in total. The summed E-state index contributed by atoms with van der Waals surface area (Å²) in [5.74, 6) is 0.918. The highest BCUT2D eigenvalue weighted by Gasteiger charge is 2.13. The van der Waals surface area contributed by atoms with Gasteiger partial charge in [0.05, 0.1) is 14.2 Å². The molecule has 0 saturated heterocycles. The summed E-state index contributed by atoms with van der Waals surface area (Å²) in [4.78, 5) is 12.1. The Morgan fingerprint density at radius 1 is 1.38 bits per heavy atom. The van der Waals surface area contributed by atoms with Crippen LogP contribution in [0, 0.1) is 0 Å². The van der Waals surface area contributed by atoms with Crippen molar-refractivity contribution in [2.24, 2.45) is 5.73 Å². The Labute approximate surface area is 99.1 Å². The van der Waals surface area contributed by atoms with Crippen LogP contribution in [0.4, 0.5) is 0 Å². The molecule has 16 heavy (non-hydrogen) atoms. The summed E-state index contributed by atoms with van der Waals surface area (Å²) < 4.78 is 9.58. The van der Waals surface area contributed by atoms with Crippen LogP contribution in [0.3, 0.4) is 0 Å². The number of benzene rings is 1. The van der Waals surface area contributed by atoms with Gasteiger partial charge in [0.2, 0.25) is 0 Å². The van der Waals surface area contributed by atoms with Gasteiger partial charge < -0.3 is 15.2 Å². The van der Waals surface area contributed by atoms with Gasteiger partial charge in [0.15, 0.2) is 0 Å². The second-order valence-corrected chi connectivity index (χ2v) is 4.21. The summed E-state index contributed by atoms with van der Waals surface area (Å²) in [5, 5.41) is 0. The van der Waals surface area contributed by atoms with E-state index in [1.54, 1.807) is 7.11 Å². The zero-order chi connectivity index (χ0) is 12.0. The number of methoxy groups -OCH3 is 2. The second-order valence-electron chi connectivity index (χ2n) is 3.12. The fraction of sp³-hybridized carbons (Fsp3) is 0.364. The van der Waals surface area contributed by atoms with Crippen molar-refractivity contribution in [3.63, 3.8) is 0 Å². The Morgan fingerprint density at radius 2 is 2.00 bits per heavy atom. The molecule has 0 spiro atoms. The van der Waals surface area contributed by atoms with Crippen molar-refractivity contribution < 1.29 is 14.3 Å². The van der Waals surface area contributed by atoms with Gasteiger partial charge in [-0.25, -0.2) is 0 Å². The Kier molecular flexibility index (Phi) is 5.14. The van der Waals surface area contributed by atoms with E-state index in [-0.39, 0.29) is 5.97 Å². The molecule has 0 amide bonds. The molecule has 1 rings (SSSR count). The number of nitrogens with two attached hydrogens (primary N) is 1. The number of rotatable bonds is 5. The molecule has 4 nitrogen and oxygen atoms in total. The van der Waals surface area contributed by atoms with Crippen LogP contribution in [0.5, 0.6) is 5.75 Å². The van der Waals surface area contributed by atoms with Crippen molar-refractivity contribution in [2.75, 3.05) is 20.0 Å². The lowest BCUT2D eigenvalue weighted by Gasteiger charge is -2.08. The zero-order valence-corrected chi connectivity index (χ0v) is 10.1. The van der Waals surface area contributed by atoms with Crippen molar-refractivity contribution in [2.45, 2.75) is 10.9 Å². The summed E-state index contributed by atoms with van der Waals surface area (Å²) in [6.45, 7) is 0. The van der Waals surface area contributed by atoms with Crippen LogP contribution in [-0.2, 0) is 9.53 Å². The van der Waals surface area contributed by atoms with Gasteiger partial charge in [0.25, 0.3) is 0 Å². The number of hydrogen-bond donors (Lipinski definition) is 1. The van der Waals surface area contributed by atoms with Gasteiger partial charge in [-0.2, -0.15) is 0 Å². The normalized spacial score (nSPS) is 11.9. The fourth-order valence-electron chi connectivity index (χ4n) is 1.08. The molecular weight excluding hydrogens is 226 g/mol. The minimum Gasteiger partial charge on any atom is -0.497 e. The molecule has 88 valence electrons. The summed E-state index contributed by atoms with van der Waals surface area (Å²) in [6, 6.07) is 7.00. The van der Waals surface area contributed by atoms with Crippen molar-refractivity contribution in [1.29, 1.82) is 0 Å². The maximum atomic E-state index is 11.1. The molecule has 0 unspecified atom stereocenters. The third-order valence-corrected chi connectivity index (χ3v) is 3.12. The molecule has 0 aliphatic rings. The highest BCUT2D eigenvalue weighted by molar-refractivity contribution is 7.99. The van der Waals surface area contributed by atoms with Gasteiger partial charge in [-0.3, -0.25) is 4.79 Å². The van der Waals surface area contributed by atoms with Crippen molar-refractivity contribution >= 4 is 17.7 Å². The van der Waals surface area contributed by atoms with Gasteiger partial charge in [0.1, 0.15) is 11.8 Å². The first-order valence-corrected chi connectivity index (χ1v) is 5.76. The lowest BCUT2D eigenvalue weighted by atomic mass is 10.3. The van der Waals surface area contributed by atoms with Crippen LogP contribution >= 0.6 is 11.8 Å². The summed E-state index contributed by atoms with van der Waals surface area (Å²) in [6.07, 6.45) is 0. The quantitative estimate of drug-likeness (QED) is 0.621. The van der Waals surface area contributed by atoms with Gasteiger partial charge in [-0.05, 0) is 24.3 Å². The standard InChI is InChI=1S/C11H15NO3S/c1-14-8-3-5-9(6-4-8)16-7-10(12)11(13)15-2/h3-6,10H,7,12H2,1-2H3/t10-/m0/s1. The van der Waals surface area contributed by atoms with E-state index in [0.717, 1.165) is 10.6 Å². The molecule has 1 atom stereocenters. The largest absolute Gasteiger partial charge is 0.497 e. The molecule has 1 aromatic rings. The van der Waals surface area contributed by atoms with Gasteiger partial charge in [-0.15, -0.1) is 11.8 Å². The molecular formula is C11H15NO3S. The molecule has 0 heterocycles. The van der Waals surface area contributed by atoms with Crippen LogP contribution in [0.15, 0.2) is 29.2 Å². The predicted octanol–water partition coefficient (Wildman–Crippen LogP) is 1.29. The highest BCUT2D eigenvalue weighted by atomic mass is 32.2. The molecule has 0 aliphatic carbocycles. The zero-order valence-electron chi connectivity index (χ0n) is 9.30. The van der Waals surface area contributed by atoms with Crippen molar-refractivity contribution in [1.82, 2.24) is 0 Å². The molecule has 5 heteroatoms. The van der Waals surface area contributed by atoms with Crippen LogP contribution in [0.1, 0.15) is 0 Å². The Balaban J connectivity index is 2.45. The van der Waals surface area contributed by atoms with E-state index < -0.39 is 6.04 Å². The van der Waals surface area contributed by atoms with E-state index >= 15 is 0 Å². The minimum absolute atomic E-state index is 0.388. The first-order valence-electron chi connectivity index (χ1n) is 4.77. The Bertz CT molecular complexity index is 340. The lowest BCUT2D eigenvalue weighted by molar-refractivity contribution is -0.141. The molecule has 0 saturated carbocycles. The van der Waals surface area contributed by atoms with E-state index in [4.69, 9.17) is 10.5 Å². The third kappa shape index (κ3) is 3.75. The van der Waals surface area contributed by atoms with Crippen LogP contribution in [-0.4, -0.2) is 32.0 Å². The fourth-order valence-corrected chi connectivity index (χ4v) is 1.91. The molecule has 0 aliphatic heterocycles. The van der Waals surface area contributed by atoms with Crippen LogP contribution < -0.4 is 10.5 Å². The molecule has 0 radical (unpaired) electrons. The monoisotopic (exact) mass is 241 g/mol. The van der Waals surface area contributed by atoms with Crippen LogP contribution in [0.25, 0.3) is 0 Å². The maximum absolute atomic E-state index is 11.1. The number of carbonyl (C=O) groups excluding carboxylic acids is 1. The van der Waals surface area contributed by atoms with Gasteiger partial charge in [-0.1, -0.05) is 0 Å². The summed E-state index contributed by atoms with van der Waals surface area (Å²) in [7, 11) is 2.95. The Hall–Kier alpha value is -1.20. The van der Waals surface area contributed by atoms with E-state index in [0.29, 0.717) is 5.75 Å². The highest BCUT2D eigenvalue weighted by Crippen LogP contribution is 2.21. The van der Waals surface area contributed by atoms with Crippen LogP contribution in [0.2, 0.25) is 0 Å². The van der Waals surface area contributed by atoms with Crippen molar-refractivity contribution in [3.8, 4) is 5.75 Å².